The molecule has 120 valence electrons. The highest BCUT2D eigenvalue weighted by molar-refractivity contribution is 7.89. The zero-order valence-electron chi connectivity index (χ0n) is 12.1. The first-order chi connectivity index (χ1) is 10.2. The van der Waals surface area contributed by atoms with Gasteiger partial charge in [0.05, 0.1) is 12.5 Å². The summed E-state index contributed by atoms with van der Waals surface area (Å²) >= 11 is 0. The molecule has 0 spiro atoms. The number of primary sulfonamides is 1. The van der Waals surface area contributed by atoms with Crippen molar-refractivity contribution in [3.05, 3.63) is 35.4 Å². The first kappa shape index (κ1) is 16.4. The number of likely N-dealkylation sites (tertiary alicyclic amines) is 1. The minimum absolute atomic E-state index is 0.0798. The molecule has 1 aromatic carbocycles. The highest BCUT2D eigenvalue weighted by Gasteiger charge is 2.40. The zero-order chi connectivity index (χ0) is 16.5. The average Bonchev–Trinajstić information content (AvgIpc) is 2.77. The Kier molecular flexibility index (Phi) is 4.52. The van der Waals surface area contributed by atoms with Crippen molar-refractivity contribution >= 4 is 21.9 Å². The number of carboxylic acid groups (broad SMARTS) is 1. The van der Waals surface area contributed by atoms with Gasteiger partial charge in [-0.1, -0.05) is 29.8 Å². The van der Waals surface area contributed by atoms with Crippen LogP contribution >= 0.6 is 0 Å². The number of rotatable bonds is 5. The van der Waals surface area contributed by atoms with Crippen LogP contribution in [0.25, 0.3) is 0 Å². The van der Waals surface area contributed by atoms with Crippen LogP contribution in [0.3, 0.4) is 0 Å². The van der Waals surface area contributed by atoms with Gasteiger partial charge in [-0.15, -0.1) is 0 Å². The monoisotopic (exact) mass is 326 g/mol. The van der Waals surface area contributed by atoms with E-state index in [2.05, 4.69) is 0 Å². The summed E-state index contributed by atoms with van der Waals surface area (Å²) in [4.78, 5) is 24.6. The molecular weight excluding hydrogens is 308 g/mol. The predicted molar refractivity (Wildman–Crippen MR) is 79.4 cm³/mol. The highest BCUT2D eigenvalue weighted by atomic mass is 32.2. The van der Waals surface area contributed by atoms with Crippen molar-refractivity contribution in [2.75, 3.05) is 6.54 Å². The molecule has 8 heteroatoms. The summed E-state index contributed by atoms with van der Waals surface area (Å²) < 4.78 is 22.9. The number of carbonyl (C=O) groups excluding carboxylic acids is 1. The molecule has 22 heavy (non-hydrogen) atoms. The second-order valence-corrected chi connectivity index (χ2v) is 7.33. The molecule has 7 nitrogen and oxygen atoms in total. The van der Waals surface area contributed by atoms with Gasteiger partial charge in [0.1, 0.15) is 5.25 Å². The number of nitrogens with zero attached hydrogens (tertiary/aromatic N) is 1. The van der Waals surface area contributed by atoms with Crippen LogP contribution in [0, 0.1) is 6.92 Å². The van der Waals surface area contributed by atoms with E-state index in [-0.39, 0.29) is 19.4 Å². The highest BCUT2D eigenvalue weighted by Crippen LogP contribution is 2.31. The second-order valence-electron chi connectivity index (χ2n) is 5.49. The van der Waals surface area contributed by atoms with Crippen molar-refractivity contribution in [2.45, 2.75) is 31.1 Å². The van der Waals surface area contributed by atoms with Gasteiger partial charge in [-0.25, -0.2) is 13.6 Å². The SMILES string of the molecule is Cc1cccc(C(CC(=O)O)N2CC(S(N)(=O)=O)CC2=O)c1. The van der Waals surface area contributed by atoms with Gasteiger partial charge in [0.2, 0.25) is 15.9 Å². The van der Waals surface area contributed by atoms with E-state index in [0.717, 1.165) is 5.56 Å². The number of carboxylic acids is 1. The maximum absolute atomic E-state index is 12.1. The number of carbonyl (C=O) groups is 2. The third-order valence-electron chi connectivity index (χ3n) is 3.76. The Morgan fingerprint density at radius 1 is 1.50 bits per heavy atom. The summed E-state index contributed by atoms with van der Waals surface area (Å²) in [5.41, 5.74) is 1.60. The van der Waals surface area contributed by atoms with Crippen LogP contribution in [0.15, 0.2) is 24.3 Å². The molecule has 0 bridgehead atoms. The van der Waals surface area contributed by atoms with E-state index < -0.39 is 33.2 Å². The van der Waals surface area contributed by atoms with E-state index in [1.54, 1.807) is 18.2 Å². The lowest BCUT2D eigenvalue weighted by atomic mass is 10.0. The fourth-order valence-electron chi connectivity index (χ4n) is 2.67. The molecule has 0 radical (unpaired) electrons. The molecule has 2 rings (SSSR count). The van der Waals surface area contributed by atoms with Crippen LogP contribution in [-0.2, 0) is 19.6 Å². The number of amides is 1. The van der Waals surface area contributed by atoms with E-state index in [9.17, 15) is 18.0 Å². The maximum Gasteiger partial charge on any atom is 0.305 e. The summed E-state index contributed by atoms with van der Waals surface area (Å²) in [6, 6.07) is 6.47. The van der Waals surface area contributed by atoms with Crippen LogP contribution < -0.4 is 5.14 Å². The Bertz CT molecular complexity index is 701. The number of nitrogens with two attached hydrogens (primary N) is 1. The zero-order valence-corrected chi connectivity index (χ0v) is 12.9. The Morgan fingerprint density at radius 2 is 2.18 bits per heavy atom. The van der Waals surface area contributed by atoms with Crippen LogP contribution in [0.4, 0.5) is 0 Å². The van der Waals surface area contributed by atoms with Gasteiger partial charge >= 0.3 is 5.97 Å². The number of sulfonamides is 1. The Hall–Kier alpha value is -1.93. The van der Waals surface area contributed by atoms with Crippen LogP contribution in [0.1, 0.15) is 30.0 Å². The summed E-state index contributed by atoms with van der Waals surface area (Å²) in [7, 11) is -3.83. The van der Waals surface area contributed by atoms with Crippen molar-refractivity contribution < 1.29 is 23.1 Å². The smallest absolute Gasteiger partial charge is 0.305 e. The first-order valence-electron chi connectivity index (χ1n) is 6.78. The Balaban J connectivity index is 2.34. The molecule has 0 aromatic heterocycles. The second kappa shape index (κ2) is 6.05. The lowest BCUT2D eigenvalue weighted by Crippen LogP contribution is -2.35. The lowest BCUT2D eigenvalue weighted by Gasteiger charge is -2.27. The van der Waals surface area contributed by atoms with Gasteiger partial charge in [0.15, 0.2) is 0 Å². The van der Waals surface area contributed by atoms with Gasteiger partial charge in [0.25, 0.3) is 0 Å². The van der Waals surface area contributed by atoms with Crippen molar-refractivity contribution in [2.24, 2.45) is 5.14 Å². The summed E-state index contributed by atoms with van der Waals surface area (Å²) in [5.74, 6) is -1.45. The van der Waals surface area contributed by atoms with Crippen LogP contribution in [-0.4, -0.2) is 42.1 Å². The fraction of sp³-hybridized carbons (Fsp3) is 0.429. The van der Waals surface area contributed by atoms with Gasteiger partial charge < -0.3 is 10.0 Å². The molecule has 1 saturated heterocycles. The minimum Gasteiger partial charge on any atom is -0.481 e. The maximum atomic E-state index is 12.1. The first-order valence-corrected chi connectivity index (χ1v) is 8.39. The minimum atomic E-state index is -3.83. The van der Waals surface area contributed by atoms with E-state index >= 15 is 0 Å². The van der Waals surface area contributed by atoms with Gasteiger partial charge in [0, 0.05) is 13.0 Å². The Morgan fingerprint density at radius 3 is 2.68 bits per heavy atom. The van der Waals surface area contributed by atoms with Crippen molar-refractivity contribution in [3.8, 4) is 0 Å². The van der Waals surface area contributed by atoms with Gasteiger partial charge in [-0.05, 0) is 12.5 Å². The third-order valence-corrected chi connectivity index (χ3v) is 5.00. The van der Waals surface area contributed by atoms with Crippen LogP contribution in [0.5, 0.6) is 0 Å². The molecule has 1 aliphatic heterocycles. The average molecular weight is 326 g/mol. The Labute approximate surface area is 128 Å². The fourth-order valence-corrected chi connectivity index (χ4v) is 3.41. The predicted octanol–water partition coefficient (Wildman–Crippen LogP) is 0.400. The standard InChI is InChI=1S/C14H18N2O5S/c1-9-3-2-4-10(5-9)12(7-14(18)19)16-8-11(6-13(16)17)22(15,20)21/h2-5,11-12H,6-8H2,1H3,(H,18,19)(H2,15,20,21). The molecule has 3 N–H and O–H groups in total. The number of aryl methyl sites for hydroxylation is 1. The van der Waals surface area contributed by atoms with E-state index in [4.69, 9.17) is 10.2 Å². The quantitative estimate of drug-likeness (QED) is 0.812. The number of hydrogen-bond acceptors (Lipinski definition) is 4. The summed E-state index contributed by atoms with van der Waals surface area (Å²) in [6.45, 7) is 1.78. The molecule has 1 aliphatic rings. The molecule has 0 saturated carbocycles. The van der Waals surface area contributed by atoms with Crippen molar-refractivity contribution in [1.29, 1.82) is 0 Å². The molecule has 2 atom stereocenters. The molecule has 0 aliphatic carbocycles. The van der Waals surface area contributed by atoms with Crippen molar-refractivity contribution in [3.63, 3.8) is 0 Å². The number of benzene rings is 1. The third kappa shape index (κ3) is 3.63. The number of aliphatic carboxylic acids is 1. The van der Waals surface area contributed by atoms with Crippen LogP contribution in [0.2, 0.25) is 0 Å². The van der Waals surface area contributed by atoms with E-state index in [0.29, 0.717) is 5.56 Å². The molecule has 1 aromatic rings. The molecule has 2 unspecified atom stereocenters. The van der Waals surface area contributed by atoms with Gasteiger partial charge in [-0.3, -0.25) is 9.59 Å². The van der Waals surface area contributed by atoms with E-state index in [1.165, 1.54) is 4.90 Å². The molecule has 1 amide bonds. The van der Waals surface area contributed by atoms with E-state index in [1.807, 2.05) is 13.0 Å². The van der Waals surface area contributed by atoms with Gasteiger partial charge in [-0.2, -0.15) is 0 Å². The molecule has 1 heterocycles. The molecule has 1 fully saturated rings. The number of hydrogen-bond donors (Lipinski definition) is 2. The van der Waals surface area contributed by atoms with Crippen molar-refractivity contribution in [1.82, 2.24) is 4.90 Å². The lowest BCUT2D eigenvalue weighted by molar-refractivity contribution is -0.139. The summed E-state index contributed by atoms with van der Waals surface area (Å²) in [5, 5.41) is 13.2. The summed E-state index contributed by atoms with van der Waals surface area (Å²) in [6.07, 6.45) is -0.493. The molecular formula is C14H18N2O5S. The normalized spacial score (nSPS) is 20.2. The largest absolute Gasteiger partial charge is 0.481 e. The topological polar surface area (TPSA) is 118 Å².